The van der Waals surface area contributed by atoms with Crippen molar-refractivity contribution in [2.45, 2.75) is 38.8 Å². The van der Waals surface area contributed by atoms with Gasteiger partial charge in [-0.1, -0.05) is 77.9 Å². The second-order valence-electron chi connectivity index (χ2n) is 10.3. The van der Waals surface area contributed by atoms with Crippen molar-refractivity contribution in [3.63, 3.8) is 0 Å². The van der Waals surface area contributed by atoms with E-state index in [1.165, 1.54) is 22.3 Å². The Labute approximate surface area is 243 Å². The molecule has 5 aromatic rings. The Morgan fingerprint density at radius 1 is 1.00 bits per heavy atom. The van der Waals surface area contributed by atoms with Gasteiger partial charge < -0.3 is 9.32 Å². The first-order valence-electron chi connectivity index (χ1n) is 13.3. The number of carbonyl (C=O) groups excluding carboxylic acids is 2. The van der Waals surface area contributed by atoms with Crippen molar-refractivity contribution < 1.29 is 14.0 Å². The predicted octanol–water partition coefficient (Wildman–Crippen LogP) is 6.01. The lowest BCUT2D eigenvalue weighted by molar-refractivity contribution is -0.121. The number of benzene rings is 3. The average molecular weight is 583 g/mol. The molecule has 4 heterocycles. The third kappa shape index (κ3) is 3.62. The van der Waals surface area contributed by atoms with E-state index in [1.54, 1.807) is 29.2 Å². The summed E-state index contributed by atoms with van der Waals surface area (Å²) in [5.41, 5.74) is 0.947. The van der Waals surface area contributed by atoms with Crippen LogP contribution in [0.4, 0.5) is 10.8 Å². The Morgan fingerprint density at radius 3 is 2.63 bits per heavy atom. The molecule has 1 unspecified atom stereocenters. The largest absolute Gasteiger partial charge is 0.450 e. The minimum atomic E-state index is -1.83. The van der Waals surface area contributed by atoms with Gasteiger partial charge in [0, 0.05) is 17.0 Å². The Hall–Kier alpha value is -4.34. The minimum absolute atomic E-state index is 0.0336. The SMILES string of the molecule is CCCc1nnc(N2C(=O)c3oc4ccc(Cl)cc4c(=O)c3C23C(=O)N(Cc2cccc(C)c2)c2ccccc23)s1. The monoisotopic (exact) mass is 582 g/mol. The molecule has 2 aromatic heterocycles. The van der Waals surface area contributed by atoms with Crippen LogP contribution in [0.5, 0.6) is 0 Å². The van der Waals surface area contributed by atoms with E-state index in [1.807, 2.05) is 50.2 Å². The van der Waals surface area contributed by atoms with Gasteiger partial charge in [-0.05, 0) is 43.2 Å². The van der Waals surface area contributed by atoms with Crippen molar-refractivity contribution >= 4 is 56.5 Å². The van der Waals surface area contributed by atoms with Crippen molar-refractivity contribution in [1.82, 2.24) is 10.2 Å². The second kappa shape index (κ2) is 9.36. The summed E-state index contributed by atoms with van der Waals surface area (Å²) in [7, 11) is 0. The van der Waals surface area contributed by atoms with Gasteiger partial charge >= 0.3 is 0 Å². The van der Waals surface area contributed by atoms with Gasteiger partial charge in [-0.15, -0.1) is 10.2 Å². The van der Waals surface area contributed by atoms with E-state index >= 15 is 0 Å². The number of aromatic nitrogens is 2. The van der Waals surface area contributed by atoms with Crippen LogP contribution < -0.4 is 15.2 Å². The zero-order chi connectivity index (χ0) is 28.5. The van der Waals surface area contributed by atoms with Crippen LogP contribution in [0.25, 0.3) is 11.0 Å². The van der Waals surface area contributed by atoms with Gasteiger partial charge in [0.25, 0.3) is 11.8 Å². The maximum atomic E-state index is 14.9. The topological polar surface area (TPSA) is 96.6 Å². The fourth-order valence-corrected chi connectivity index (χ4v) is 7.10. The molecule has 0 N–H and O–H groups in total. The molecule has 41 heavy (non-hydrogen) atoms. The number of nitrogens with zero attached hydrogens (tertiary/aromatic N) is 4. The standard InChI is InChI=1S/C31H23ClN4O4S/c1-3-7-24-33-34-30(41-24)36-28(38)27-25(26(37)20-15-19(32)12-13-23(20)40-27)31(36)21-10-4-5-11-22(21)35(29(31)39)16-18-9-6-8-17(2)14-18/h4-6,8-15H,3,7,16H2,1-2H3. The molecule has 3 aromatic carbocycles. The molecule has 0 aliphatic carbocycles. The first-order chi connectivity index (χ1) is 19.8. The molecule has 2 aliphatic rings. The molecule has 7 rings (SSSR count). The van der Waals surface area contributed by atoms with Crippen molar-refractivity contribution in [3.8, 4) is 0 Å². The molecule has 1 spiro atoms. The zero-order valence-corrected chi connectivity index (χ0v) is 23.8. The number of para-hydroxylation sites is 1. The summed E-state index contributed by atoms with van der Waals surface area (Å²) in [6, 6.07) is 19.8. The van der Waals surface area contributed by atoms with E-state index in [2.05, 4.69) is 10.2 Å². The van der Waals surface area contributed by atoms with Crippen molar-refractivity contribution in [1.29, 1.82) is 0 Å². The number of aryl methyl sites for hydroxylation is 2. The fourth-order valence-electron chi connectivity index (χ4n) is 5.94. The molecule has 0 radical (unpaired) electrons. The van der Waals surface area contributed by atoms with Crippen LogP contribution in [0, 0.1) is 6.92 Å². The van der Waals surface area contributed by atoms with Crippen LogP contribution in [0.3, 0.4) is 0 Å². The second-order valence-corrected chi connectivity index (χ2v) is 11.7. The van der Waals surface area contributed by atoms with Crippen LogP contribution in [-0.2, 0) is 23.3 Å². The summed E-state index contributed by atoms with van der Waals surface area (Å²) < 4.78 is 6.11. The van der Waals surface area contributed by atoms with Gasteiger partial charge in [0.1, 0.15) is 10.6 Å². The van der Waals surface area contributed by atoms with E-state index in [0.29, 0.717) is 22.7 Å². The summed E-state index contributed by atoms with van der Waals surface area (Å²) in [5.74, 6) is -1.24. The molecule has 0 saturated carbocycles. The summed E-state index contributed by atoms with van der Waals surface area (Å²) in [4.78, 5) is 46.5. The molecule has 0 fully saturated rings. The van der Waals surface area contributed by atoms with Crippen LogP contribution in [0.2, 0.25) is 5.02 Å². The highest BCUT2D eigenvalue weighted by molar-refractivity contribution is 7.15. The number of halogens is 1. The van der Waals surface area contributed by atoms with E-state index < -0.39 is 22.8 Å². The first kappa shape index (κ1) is 25.6. The van der Waals surface area contributed by atoms with Gasteiger partial charge in [0.05, 0.1) is 23.2 Å². The molecule has 8 nitrogen and oxygen atoms in total. The maximum absolute atomic E-state index is 14.9. The van der Waals surface area contributed by atoms with Gasteiger partial charge in [-0.25, -0.2) is 0 Å². The van der Waals surface area contributed by atoms with E-state index in [0.717, 1.165) is 22.6 Å². The number of hydrogen-bond acceptors (Lipinski definition) is 7. The third-order valence-corrected chi connectivity index (χ3v) is 8.82. The lowest BCUT2D eigenvalue weighted by Gasteiger charge is -2.32. The Bertz CT molecular complexity index is 1970. The number of hydrogen-bond donors (Lipinski definition) is 0. The Morgan fingerprint density at radius 2 is 1.83 bits per heavy atom. The number of fused-ring (bicyclic) bond motifs is 5. The van der Waals surface area contributed by atoms with Crippen LogP contribution >= 0.6 is 22.9 Å². The highest BCUT2D eigenvalue weighted by Gasteiger charge is 2.66. The smallest absolute Gasteiger partial charge is 0.297 e. The molecular formula is C31H23ClN4O4S. The Balaban J connectivity index is 1.54. The molecule has 0 bridgehead atoms. The Kier molecular flexibility index (Phi) is 5.85. The van der Waals surface area contributed by atoms with Gasteiger partial charge in [-0.3, -0.25) is 19.3 Å². The fraction of sp³-hybridized carbons (Fsp3) is 0.194. The van der Waals surface area contributed by atoms with Gasteiger partial charge in [-0.2, -0.15) is 0 Å². The van der Waals surface area contributed by atoms with Gasteiger partial charge in [0.2, 0.25) is 10.9 Å². The summed E-state index contributed by atoms with van der Waals surface area (Å²) in [5, 5.41) is 10.1. The van der Waals surface area contributed by atoms with E-state index in [9.17, 15) is 14.4 Å². The zero-order valence-electron chi connectivity index (χ0n) is 22.2. The molecule has 1 atom stereocenters. The summed E-state index contributed by atoms with van der Waals surface area (Å²) in [6.45, 7) is 4.26. The number of carbonyl (C=O) groups is 2. The third-order valence-electron chi connectivity index (χ3n) is 7.62. The molecule has 2 aliphatic heterocycles. The molecule has 0 saturated heterocycles. The van der Waals surface area contributed by atoms with E-state index in [4.69, 9.17) is 16.0 Å². The summed E-state index contributed by atoms with van der Waals surface area (Å²) >= 11 is 7.50. The number of rotatable bonds is 5. The van der Waals surface area contributed by atoms with Crippen LogP contribution in [-0.4, -0.2) is 22.0 Å². The molecule has 204 valence electrons. The normalized spacial score (nSPS) is 17.6. The minimum Gasteiger partial charge on any atom is -0.450 e. The molecule has 10 heteroatoms. The van der Waals surface area contributed by atoms with Gasteiger partial charge in [0.15, 0.2) is 11.0 Å². The van der Waals surface area contributed by atoms with Crippen molar-refractivity contribution in [2.24, 2.45) is 0 Å². The molecule has 2 amide bonds. The summed E-state index contributed by atoms with van der Waals surface area (Å²) in [6.07, 6.45) is 1.51. The highest BCUT2D eigenvalue weighted by atomic mass is 35.5. The van der Waals surface area contributed by atoms with E-state index in [-0.39, 0.29) is 34.0 Å². The quantitative estimate of drug-likeness (QED) is 0.252. The average Bonchev–Trinajstić information content (AvgIpc) is 3.59. The van der Waals surface area contributed by atoms with Crippen molar-refractivity contribution in [2.75, 3.05) is 9.80 Å². The first-order valence-corrected chi connectivity index (χ1v) is 14.4. The maximum Gasteiger partial charge on any atom is 0.297 e. The van der Waals surface area contributed by atoms with Crippen molar-refractivity contribution in [3.05, 3.63) is 115 Å². The number of anilines is 2. The van der Waals surface area contributed by atoms with Crippen LogP contribution in [0.1, 0.15) is 51.2 Å². The van der Waals surface area contributed by atoms with Crippen LogP contribution in [0.15, 0.2) is 75.9 Å². The predicted molar refractivity (Wildman–Crippen MR) is 158 cm³/mol. The number of amides is 2. The lowest BCUT2D eigenvalue weighted by atomic mass is 9.84. The lowest BCUT2D eigenvalue weighted by Crippen LogP contribution is -2.53. The highest BCUT2D eigenvalue weighted by Crippen LogP contribution is 2.54. The molecular weight excluding hydrogens is 560 g/mol.